The molecule has 0 unspecified atom stereocenters. The monoisotopic (exact) mass is 583 g/mol. The number of aromatic nitrogens is 3. The van der Waals surface area contributed by atoms with Gasteiger partial charge in [0.05, 0.1) is 34.6 Å². The molecule has 0 saturated carbocycles. The molecule has 4 aromatic rings. The van der Waals surface area contributed by atoms with Gasteiger partial charge in [0.25, 0.3) is 0 Å². The largest absolute Gasteiger partial charge is 0.454 e. The van der Waals surface area contributed by atoms with Gasteiger partial charge in [0.1, 0.15) is 12.4 Å². The van der Waals surface area contributed by atoms with E-state index in [1.54, 1.807) is 11.1 Å². The molecule has 6 rings (SSSR count). The number of benzene rings is 2. The highest BCUT2D eigenvalue weighted by molar-refractivity contribution is 8.00. The summed E-state index contributed by atoms with van der Waals surface area (Å²) in [7, 11) is 0. The molecule has 0 spiro atoms. The van der Waals surface area contributed by atoms with Gasteiger partial charge in [0.2, 0.25) is 18.6 Å². The lowest BCUT2D eigenvalue weighted by Gasteiger charge is -2.24. The summed E-state index contributed by atoms with van der Waals surface area (Å²) in [4.78, 5) is 33.1. The van der Waals surface area contributed by atoms with E-state index in [2.05, 4.69) is 31.1 Å². The Balaban J connectivity index is 1.48. The van der Waals surface area contributed by atoms with E-state index in [1.165, 1.54) is 11.8 Å². The number of nitrogens with one attached hydrogen (secondary N) is 1. The second-order valence-corrected chi connectivity index (χ2v) is 12.6. The summed E-state index contributed by atoms with van der Waals surface area (Å²) in [6.07, 6.45) is 1.69. The van der Waals surface area contributed by atoms with Crippen LogP contribution in [-0.4, -0.2) is 45.7 Å². The fraction of sp³-hybridized carbons (Fsp3) is 0.312. The molecule has 42 heavy (non-hydrogen) atoms. The van der Waals surface area contributed by atoms with Gasteiger partial charge in [-0.05, 0) is 48.9 Å². The summed E-state index contributed by atoms with van der Waals surface area (Å²) in [6, 6.07) is 19.5. The third-order valence-electron chi connectivity index (χ3n) is 7.27. The highest BCUT2D eigenvalue weighted by atomic mass is 32.2. The molecule has 10 heteroatoms. The summed E-state index contributed by atoms with van der Waals surface area (Å²) < 4.78 is 13.1. The number of aryl methyl sites for hydroxylation is 1. The standard InChI is InChI=1S/C32H33N5O4S/c1-20-8-11-23(12-9-20)37-31-28(30(35-37)32(2,3)4)29(21-10-13-24-25(15-21)41-19-40-24)42-18-27(39)36(31)17-26(38)34-16-22-7-5-6-14-33-22/h5-15,29H,16-19H2,1-4H3,(H,34,38)/t29-/m1/s1. The average Bonchev–Trinajstić information content (AvgIpc) is 3.58. The van der Waals surface area contributed by atoms with Crippen molar-refractivity contribution in [3.63, 3.8) is 0 Å². The Kier molecular flexibility index (Phi) is 7.40. The quantitative estimate of drug-likeness (QED) is 0.338. The SMILES string of the molecule is Cc1ccc(-n2nc(C(C)(C)C)c3c2N(CC(=O)NCc2ccccn2)C(=O)CS[C@@H]3c2ccc3c(c2)OCO3)cc1. The topological polar surface area (TPSA) is 98.6 Å². The number of hydrogen-bond donors (Lipinski definition) is 1. The predicted molar refractivity (Wildman–Crippen MR) is 162 cm³/mol. The van der Waals surface area contributed by atoms with Crippen LogP contribution < -0.4 is 19.7 Å². The molecule has 1 atom stereocenters. The molecule has 1 N–H and O–H groups in total. The summed E-state index contributed by atoms with van der Waals surface area (Å²) in [5, 5.41) is 7.85. The van der Waals surface area contributed by atoms with Gasteiger partial charge in [0.15, 0.2) is 11.5 Å². The average molecular weight is 584 g/mol. The number of anilines is 1. The number of rotatable bonds is 6. The van der Waals surface area contributed by atoms with Gasteiger partial charge >= 0.3 is 0 Å². The van der Waals surface area contributed by atoms with Gasteiger partial charge in [-0.25, -0.2) is 4.68 Å². The van der Waals surface area contributed by atoms with Crippen LogP contribution in [0.5, 0.6) is 11.5 Å². The first kappa shape index (κ1) is 27.8. The number of ether oxygens (including phenoxy) is 2. The first-order valence-corrected chi connectivity index (χ1v) is 14.9. The summed E-state index contributed by atoms with van der Waals surface area (Å²) in [5.41, 5.74) is 5.08. The maximum atomic E-state index is 13.9. The van der Waals surface area contributed by atoms with E-state index >= 15 is 0 Å². The van der Waals surface area contributed by atoms with Crippen LogP contribution in [0.15, 0.2) is 66.9 Å². The number of hydrogen-bond acceptors (Lipinski definition) is 7. The van der Waals surface area contributed by atoms with Crippen molar-refractivity contribution in [1.82, 2.24) is 20.1 Å². The maximum absolute atomic E-state index is 13.9. The zero-order valence-electron chi connectivity index (χ0n) is 24.1. The maximum Gasteiger partial charge on any atom is 0.240 e. The van der Waals surface area contributed by atoms with Crippen LogP contribution in [0, 0.1) is 6.92 Å². The minimum absolute atomic E-state index is 0.145. The normalized spacial score (nSPS) is 16.2. The van der Waals surface area contributed by atoms with Crippen molar-refractivity contribution in [3.05, 3.63) is 94.9 Å². The Hall–Kier alpha value is -4.31. The summed E-state index contributed by atoms with van der Waals surface area (Å²) in [5.74, 6) is 1.74. The molecule has 0 aliphatic carbocycles. The number of fused-ring (bicyclic) bond motifs is 2. The Morgan fingerprint density at radius 2 is 1.86 bits per heavy atom. The molecule has 0 fully saturated rings. The molecule has 0 saturated heterocycles. The van der Waals surface area contributed by atoms with E-state index < -0.39 is 0 Å². The van der Waals surface area contributed by atoms with Crippen LogP contribution >= 0.6 is 11.8 Å². The molecule has 0 radical (unpaired) electrons. The fourth-order valence-corrected chi connectivity index (χ4v) is 6.36. The molecule has 2 aliphatic rings. The molecule has 4 heterocycles. The van der Waals surface area contributed by atoms with Gasteiger partial charge in [0, 0.05) is 17.2 Å². The number of nitrogens with zero attached hydrogens (tertiary/aromatic N) is 4. The van der Waals surface area contributed by atoms with Crippen molar-refractivity contribution in [2.45, 2.75) is 44.9 Å². The summed E-state index contributed by atoms with van der Waals surface area (Å²) in [6.45, 7) is 8.69. The predicted octanol–water partition coefficient (Wildman–Crippen LogP) is 5.09. The zero-order valence-corrected chi connectivity index (χ0v) is 24.9. The van der Waals surface area contributed by atoms with Crippen LogP contribution in [0.25, 0.3) is 5.69 Å². The first-order chi connectivity index (χ1) is 20.2. The van der Waals surface area contributed by atoms with Crippen LogP contribution in [0.2, 0.25) is 0 Å². The first-order valence-electron chi connectivity index (χ1n) is 13.9. The molecule has 9 nitrogen and oxygen atoms in total. The number of pyridine rings is 1. The number of carbonyl (C=O) groups excluding carboxylic acids is 2. The minimum atomic E-state index is -0.352. The van der Waals surface area contributed by atoms with Crippen molar-refractivity contribution in [1.29, 1.82) is 0 Å². The lowest BCUT2D eigenvalue weighted by atomic mass is 9.87. The Morgan fingerprint density at radius 3 is 2.60 bits per heavy atom. The van der Waals surface area contributed by atoms with Crippen molar-refractivity contribution in [2.75, 3.05) is 24.0 Å². The van der Waals surface area contributed by atoms with E-state index in [0.717, 1.165) is 33.8 Å². The van der Waals surface area contributed by atoms with E-state index in [4.69, 9.17) is 14.6 Å². The van der Waals surface area contributed by atoms with Crippen LogP contribution in [0.1, 0.15) is 54.1 Å². The smallest absolute Gasteiger partial charge is 0.240 e. The van der Waals surface area contributed by atoms with Gasteiger partial charge < -0.3 is 14.8 Å². The van der Waals surface area contributed by atoms with E-state index in [1.807, 2.05) is 72.3 Å². The van der Waals surface area contributed by atoms with Crippen molar-refractivity contribution < 1.29 is 19.1 Å². The highest BCUT2D eigenvalue weighted by Crippen LogP contribution is 2.49. The molecule has 2 aromatic carbocycles. The Morgan fingerprint density at radius 1 is 1.07 bits per heavy atom. The molecule has 0 bridgehead atoms. The van der Waals surface area contributed by atoms with Gasteiger partial charge in [-0.1, -0.05) is 50.6 Å². The molecular weight excluding hydrogens is 550 g/mol. The Bertz CT molecular complexity index is 1630. The summed E-state index contributed by atoms with van der Waals surface area (Å²) >= 11 is 1.53. The molecule has 2 aromatic heterocycles. The van der Waals surface area contributed by atoms with Crippen molar-refractivity contribution in [3.8, 4) is 17.2 Å². The van der Waals surface area contributed by atoms with Crippen LogP contribution in [0.3, 0.4) is 0 Å². The third-order valence-corrected chi connectivity index (χ3v) is 8.53. The Labute approximate surface area is 249 Å². The lowest BCUT2D eigenvalue weighted by Crippen LogP contribution is -2.42. The van der Waals surface area contributed by atoms with E-state index in [-0.39, 0.29) is 48.1 Å². The fourth-order valence-electron chi connectivity index (χ4n) is 5.17. The third kappa shape index (κ3) is 5.46. The van der Waals surface area contributed by atoms with Crippen molar-refractivity contribution in [2.24, 2.45) is 0 Å². The number of amides is 2. The lowest BCUT2D eigenvalue weighted by molar-refractivity contribution is -0.123. The molecule has 2 aliphatic heterocycles. The second kappa shape index (κ2) is 11.2. The zero-order chi connectivity index (χ0) is 29.4. The van der Waals surface area contributed by atoms with E-state index in [0.29, 0.717) is 17.3 Å². The highest BCUT2D eigenvalue weighted by Gasteiger charge is 2.40. The molecule has 2 amide bonds. The number of thioether (sulfide) groups is 1. The van der Waals surface area contributed by atoms with Crippen molar-refractivity contribution >= 4 is 29.4 Å². The van der Waals surface area contributed by atoms with E-state index in [9.17, 15) is 9.59 Å². The second-order valence-electron chi connectivity index (χ2n) is 11.5. The van der Waals surface area contributed by atoms with Gasteiger partial charge in [-0.2, -0.15) is 5.10 Å². The van der Waals surface area contributed by atoms with Crippen LogP contribution in [0.4, 0.5) is 5.82 Å². The van der Waals surface area contributed by atoms with Gasteiger partial charge in [-0.15, -0.1) is 11.8 Å². The van der Waals surface area contributed by atoms with Crippen LogP contribution in [-0.2, 0) is 21.5 Å². The minimum Gasteiger partial charge on any atom is -0.454 e. The van der Waals surface area contributed by atoms with Gasteiger partial charge in [-0.3, -0.25) is 19.5 Å². The molecular formula is C32H33N5O4S. The molecule has 216 valence electrons. The number of carbonyl (C=O) groups is 2.